The minimum absolute atomic E-state index is 0.291. The van der Waals surface area contributed by atoms with Gasteiger partial charge >= 0.3 is 0 Å². The van der Waals surface area contributed by atoms with Gasteiger partial charge in [-0.25, -0.2) is 9.97 Å². The summed E-state index contributed by atoms with van der Waals surface area (Å²) >= 11 is 2.05. The van der Waals surface area contributed by atoms with Crippen LogP contribution in [0.25, 0.3) is 0 Å². The van der Waals surface area contributed by atoms with E-state index in [0.29, 0.717) is 4.75 Å². The maximum atomic E-state index is 4.86. The lowest BCUT2D eigenvalue weighted by Gasteiger charge is -2.39. The summed E-state index contributed by atoms with van der Waals surface area (Å²) < 4.78 is 0.291. The monoisotopic (exact) mass is 308 g/mol. The number of anilines is 2. The molecule has 1 aromatic rings. The zero-order chi connectivity index (χ0) is 15.5. The molecule has 0 radical (unpaired) electrons. The molecular formula is C16H28N4S. The van der Waals surface area contributed by atoms with Crippen molar-refractivity contribution in [1.82, 2.24) is 9.97 Å². The second-order valence-corrected chi connectivity index (χ2v) is 8.05. The number of aryl methyl sites for hydroxylation is 1. The molecule has 1 aliphatic heterocycles. The molecule has 1 aromatic heterocycles. The molecule has 0 saturated carbocycles. The average molecular weight is 308 g/mol. The molecule has 5 heteroatoms. The zero-order valence-corrected chi connectivity index (χ0v) is 14.8. The summed E-state index contributed by atoms with van der Waals surface area (Å²) in [6.45, 7) is 14.1. The SMILES string of the molecule is CCCc1nc(NCC)c(C)c(N2CCSC(C)(C)C2)n1. The normalized spacial score (nSPS) is 17.9. The molecule has 2 heterocycles. The third kappa shape index (κ3) is 4.02. The highest BCUT2D eigenvalue weighted by Crippen LogP contribution is 2.34. The van der Waals surface area contributed by atoms with E-state index < -0.39 is 0 Å². The molecule has 1 fully saturated rings. The van der Waals surface area contributed by atoms with Crippen LogP contribution in [0.3, 0.4) is 0 Å². The summed E-state index contributed by atoms with van der Waals surface area (Å²) in [7, 11) is 0. The van der Waals surface area contributed by atoms with E-state index in [1.54, 1.807) is 0 Å². The van der Waals surface area contributed by atoms with Gasteiger partial charge in [0.15, 0.2) is 0 Å². The summed E-state index contributed by atoms with van der Waals surface area (Å²) in [5, 5.41) is 3.39. The Morgan fingerprint density at radius 3 is 2.67 bits per heavy atom. The molecule has 1 aliphatic rings. The van der Waals surface area contributed by atoms with Crippen molar-refractivity contribution in [2.75, 3.05) is 35.6 Å². The Kier molecular flexibility index (Phi) is 5.36. The maximum Gasteiger partial charge on any atom is 0.137 e. The van der Waals surface area contributed by atoms with E-state index in [4.69, 9.17) is 4.98 Å². The molecule has 0 atom stereocenters. The van der Waals surface area contributed by atoms with E-state index in [0.717, 1.165) is 55.7 Å². The van der Waals surface area contributed by atoms with Gasteiger partial charge in [-0.3, -0.25) is 0 Å². The topological polar surface area (TPSA) is 41.1 Å². The van der Waals surface area contributed by atoms with Gasteiger partial charge in [-0.1, -0.05) is 6.92 Å². The fourth-order valence-corrected chi connectivity index (χ4v) is 3.84. The van der Waals surface area contributed by atoms with E-state index in [-0.39, 0.29) is 0 Å². The fraction of sp³-hybridized carbons (Fsp3) is 0.750. The number of nitrogens with zero attached hydrogens (tertiary/aromatic N) is 3. The molecule has 21 heavy (non-hydrogen) atoms. The Bertz CT molecular complexity index is 487. The molecule has 1 N–H and O–H groups in total. The maximum absolute atomic E-state index is 4.86. The average Bonchev–Trinajstić information content (AvgIpc) is 2.41. The molecule has 118 valence electrons. The van der Waals surface area contributed by atoms with Crippen LogP contribution in [0.1, 0.15) is 45.5 Å². The summed E-state index contributed by atoms with van der Waals surface area (Å²) in [5.74, 6) is 4.25. The summed E-state index contributed by atoms with van der Waals surface area (Å²) in [4.78, 5) is 12.0. The lowest BCUT2D eigenvalue weighted by Crippen LogP contribution is -2.44. The lowest BCUT2D eigenvalue weighted by atomic mass is 10.1. The van der Waals surface area contributed by atoms with Crippen LogP contribution in [0.2, 0.25) is 0 Å². The summed E-state index contributed by atoms with van der Waals surface area (Å²) in [5.41, 5.74) is 1.18. The van der Waals surface area contributed by atoms with Gasteiger partial charge in [0.2, 0.25) is 0 Å². The van der Waals surface area contributed by atoms with E-state index in [1.165, 1.54) is 5.56 Å². The van der Waals surface area contributed by atoms with Crippen molar-refractivity contribution in [1.29, 1.82) is 0 Å². The highest BCUT2D eigenvalue weighted by atomic mass is 32.2. The van der Waals surface area contributed by atoms with Gasteiger partial charge in [0.05, 0.1) is 0 Å². The van der Waals surface area contributed by atoms with E-state index in [1.807, 2.05) is 0 Å². The van der Waals surface area contributed by atoms with Gasteiger partial charge in [-0.15, -0.1) is 0 Å². The molecule has 0 spiro atoms. The van der Waals surface area contributed by atoms with Crippen molar-refractivity contribution in [2.24, 2.45) is 0 Å². The molecule has 0 bridgehead atoms. The Hall–Kier alpha value is -0.970. The predicted octanol–water partition coefficient (Wildman–Crippen LogP) is 3.50. The molecule has 4 nitrogen and oxygen atoms in total. The van der Waals surface area contributed by atoms with E-state index >= 15 is 0 Å². The molecule has 0 unspecified atom stereocenters. The first kappa shape index (κ1) is 16.4. The Morgan fingerprint density at radius 1 is 1.29 bits per heavy atom. The molecule has 0 amide bonds. The first-order chi connectivity index (χ1) is 9.96. The van der Waals surface area contributed by atoms with Crippen molar-refractivity contribution in [2.45, 2.75) is 52.2 Å². The number of rotatable bonds is 5. The Labute approximate surface area is 133 Å². The molecular weight excluding hydrogens is 280 g/mol. The van der Waals surface area contributed by atoms with Crippen LogP contribution < -0.4 is 10.2 Å². The van der Waals surface area contributed by atoms with Crippen LogP contribution in [0.4, 0.5) is 11.6 Å². The minimum Gasteiger partial charge on any atom is -0.370 e. The van der Waals surface area contributed by atoms with E-state index in [2.05, 4.69) is 61.6 Å². The smallest absolute Gasteiger partial charge is 0.137 e. The van der Waals surface area contributed by atoms with Crippen LogP contribution in [0.5, 0.6) is 0 Å². The van der Waals surface area contributed by atoms with Crippen LogP contribution in [-0.2, 0) is 6.42 Å². The second-order valence-electron chi connectivity index (χ2n) is 6.25. The summed E-state index contributed by atoms with van der Waals surface area (Å²) in [6, 6.07) is 0. The highest BCUT2D eigenvalue weighted by Gasteiger charge is 2.29. The number of hydrogen-bond donors (Lipinski definition) is 1. The van der Waals surface area contributed by atoms with E-state index in [9.17, 15) is 0 Å². The van der Waals surface area contributed by atoms with Crippen molar-refractivity contribution in [3.63, 3.8) is 0 Å². The van der Waals surface area contributed by atoms with Crippen LogP contribution in [0.15, 0.2) is 0 Å². The van der Waals surface area contributed by atoms with Gasteiger partial charge in [0.25, 0.3) is 0 Å². The van der Waals surface area contributed by atoms with Gasteiger partial charge in [0.1, 0.15) is 17.5 Å². The van der Waals surface area contributed by atoms with Gasteiger partial charge in [-0.2, -0.15) is 11.8 Å². The predicted molar refractivity (Wildman–Crippen MR) is 93.7 cm³/mol. The highest BCUT2D eigenvalue weighted by molar-refractivity contribution is 8.00. The molecule has 1 saturated heterocycles. The lowest BCUT2D eigenvalue weighted by molar-refractivity contribution is 0.638. The second kappa shape index (κ2) is 6.86. The van der Waals surface area contributed by atoms with Crippen LogP contribution in [-0.4, -0.2) is 40.1 Å². The number of aromatic nitrogens is 2. The standard InChI is InChI=1S/C16H28N4S/c1-6-8-13-18-14(17-7-2)12(3)15(19-13)20-9-10-21-16(4,5)11-20/h6-11H2,1-5H3,(H,17,18,19). The zero-order valence-electron chi connectivity index (χ0n) is 14.0. The van der Waals surface area contributed by atoms with Crippen molar-refractivity contribution in [3.8, 4) is 0 Å². The third-order valence-corrected chi connectivity index (χ3v) is 5.01. The number of thioether (sulfide) groups is 1. The third-order valence-electron chi connectivity index (χ3n) is 3.71. The number of nitrogens with one attached hydrogen (secondary N) is 1. The molecule has 0 aliphatic carbocycles. The quantitative estimate of drug-likeness (QED) is 0.901. The van der Waals surface area contributed by atoms with Gasteiger partial charge in [0, 0.05) is 42.1 Å². The Balaban J connectivity index is 2.36. The van der Waals surface area contributed by atoms with Crippen molar-refractivity contribution < 1.29 is 0 Å². The number of hydrogen-bond acceptors (Lipinski definition) is 5. The largest absolute Gasteiger partial charge is 0.370 e. The van der Waals surface area contributed by atoms with Gasteiger partial charge in [-0.05, 0) is 34.1 Å². The van der Waals surface area contributed by atoms with Gasteiger partial charge < -0.3 is 10.2 Å². The molecule has 0 aromatic carbocycles. The van der Waals surface area contributed by atoms with Crippen LogP contribution in [0, 0.1) is 6.92 Å². The Morgan fingerprint density at radius 2 is 2.05 bits per heavy atom. The first-order valence-electron chi connectivity index (χ1n) is 7.97. The minimum atomic E-state index is 0.291. The van der Waals surface area contributed by atoms with Crippen molar-refractivity contribution in [3.05, 3.63) is 11.4 Å². The van der Waals surface area contributed by atoms with Crippen molar-refractivity contribution >= 4 is 23.4 Å². The summed E-state index contributed by atoms with van der Waals surface area (Å²) in [6.07, 6.45) is 2.02. The fourth-order valence-electron chi connectivity index (χ4n) is 2.73. The molecule has 2 rings (SSSR count). The van der Waals surface area contributed by atoms with Crippen LogP contribution >= 0.6 is 11.8 Å². The first-order valence-corrected chi connectivity index (χ1v) is 8.95.